The molecule has 0 aliphatic rings. The Balaban J connectivity index is 0.000000261. The SMILES string of the molecule is CN=Nc1ccc(N=Nc2ccc(N=NC)cc2)cc1.Cc1c(O)c(C(=O)Nc2cc(C(=O)NC(=O)Nc3cccc(Br)c3)ccc2C(=O)O)cc2ccccc12. The van der Waals surface area contributed by atoms with Crippen LogP contribution in [0.5, 0.6) is 5.75 Å². The van der Waals surface area contributed by atoms with Gasteiger partial charge in [-0.1, -0.05) is 46.3 Å². The maximum absolute atomic E-state index is 13.1. The van der Waals surface area contributed by atoms with Crippen molar-refractivity contribution in [3.05, 3.63) is 148 Å². The first kappa shape index (κ1) is 40.7. The summed E-state index contributed by atoms with van der Waals surface area (Å²) in [5.41, 5.74) is 3.46. The molecule has 0 aromatic heterocycles. The number of hydrogen-bond donors (Lipinski definition) is 5. The van der Waals surface area contributed by atoms with E-state index in [1.807, 2.05) is 60.7 Å². The van der Waals surface area contributed by atoms with E-state index >= 15 is 0 Å². The Kier molecular flexibility index (Phi) is 13.7. The quantitative estimate of drug-likeness (QED) is 0.0892. The minimum absolute atomic E-state index is 0.0595. The van der Waals surface area contributed by atoms with Gasteiger partial charge in [0.25, 0.3) is 11.8 Å². The van der Waals surface area contributed by atoms with E-state index in [1.54, 1.807) is 57.4 Å². The van der Waals surface area contributed by atoms with Crippen molar-refractivity contribution in [1.82, 2.24) is 5.32 Å². The number of carboxylic acids is 1. The molecule has 16 heteroatoms. The van der Waals surface area contributed by atoms with Crippen molar-refractivity contribution in [3.63, 3.8) is 0 Å². The van der Waals surface area contributed by atoms with Crippen molar-refractivity contribution in [2.75, 3.05) is 24.7 Å². The van der Waals surface area contributed by atoms with E-state index in [2.05, 4.69) is 62.6 Å². The van der Waals surface area contributed by atoms with E-state index in [4.69, 9.17) is 0 Å². The third kappa shape index (κ3) is 11.1. The number of aromatic carboxylic acids is 1. The maximum Gasteiger partial charge on any atom is 0.337 e. The molecule has 6 rings (SSSR count). The summed E-state index contributed by atoms with van der Waals surface area (Å²) in [6.45, 7) is 1.67. The van der Waals surface area contributed by atoms with Gasteiger partial charge in [-0.2, -0.15) is 30.7 Å². The van der Waals surface area contributed by atoms with Crippen LogP contribution in [0.25, 0.3) is 10.8 Å². The molecule has 6 aromatic rings. The predicted molar refractivity (Wildman–Crippen MR) is 220 cm³/mol. The number of phenolic OH excluding ortho intramolecular Hbond substituents is 1. The lowest BCUT2D eigenvalue weighted by Gasteiger charge is -2.14. The van der Waals surface area contributed by atoms with Gasteiger partial charge in [-0.05, 0) is 114 Å². The third-order valence-corrected chi connectivity index (χ3v) is 8.49. The molecule has 5 N–H and O–H groups in total. The number of nitrogens with one attached hydrogen (secondary N) is 3. The van der Waals surface area contributed by atoms with Gasteiger partial charge in [0.2, 0.25) is 0 Å². The number of urea groups is 1. The van der Waals surface area contributed by atoms with Gasteiger partial charge < -0.3 is 20.8 Å². The van der Waals surface area contributed by atoms with Crippen LogP contribution in [0.1, 0.15) is 36.6 Å². The van der Waals surface area contributed by atoms with Gasteiger partial charge in [0.05, 0.1) is 39.6 Å². The Morgan fingerprint density at radius 1 is 0.614 bits per heavy atom. The van der Waals surface area contributed by atoms with Crippen LogP contribution in [0, 0.1) is 6.92 Å². The summed E-state index contributed by atoms with van der Waals surface area (Å²) < 4.78 is 0.730. The molecule has 0 spiro atoms. The molecule has 0 aliphatic heterocycles. The second kappa shape index (κ2) is 19.2. The minimum atomic E-state index is -1.34. The fourth-order valence-corrected chi connectivity index (χ4v) is 5.68. The number of benzene rings is 6. The van der Waals surface area contributed by atoms with Crippen LogP contribution < -0.4 is 16.0 Å². The second-order valence-corrected chi connectivity index (χ2v) is 12.8. The summed E-state index contributed by atoms with van der Waals surface area (Å²) in [4.78, 5) is 49.7. The Hall–Kier alpha value is -7.46. The van der Waals surface area contributed by atoms with Crippen LogP contribution in [0.4, 0.5) is 38.9 Å². The van der Waals surface area contributed by atoms with E-state index in [-0.39, 0.29) is 28.1 Å². The first-order valence-corrected chi connectivity index (χ1v) is 17.7. The zero-order chi connectivity index (χ0) is 40.9. The summed E-state index contributed by atoms with van der Waals surface area (Å²) in [6.07, 6.45) is 0. The van der Waals surface area contributed by atoms with Crippen LogP contribution in [-0.2, 0) is 0 Å². The Morgan fingerprint density at radius 2 is 1.19 bits per heavy atom. The number of carbonyl (C=O) groups excluding carboxylic acids is 3. The number of rotatable bonds is 9. The number of aryl methyl sites for hydroxylation is 1. The fourth-order valence-electron chi connectivity index (χ4n) is 5.28. The number of anilines is 2. The average molecular weight is 829 g/mol. The van der Waals surface area contributed by atoms with Gasteiger partial charge in [-0.25, -0.2) is 9.59 Å². The molecule has 4 amide bonds. The van der Waals surface area contributed by atoms with Gasteiger partial charge in [0.15, 0.2) is 0 Å². The second-order valence-electron chi connectivity index (χ2n) is 11.9. The molecule has 286 valence electrons. The number of imide groups is 1. The molecule has 0 atom stereocenters. The highest BCUT2D eigenvalue weighted by Gasteiger charge is 2.21. The smallest absolute Gasteiger partial charge is 0.337 e. The van der Waals surface area contributed by atoms with E-state index in [0.717, 1.165) is 44.7 Å². The number of phenols is 1. The molecule has 0 heterocycles. The third-order valence-electron chi connectivity index (χ3n) is 8.00. The molecule has 57 heavy (non-hydrogen) atoms. The lowest BCUT2D eigenvalue weighted by molar-refractivity contribution is 0.0697. The van der Waals surface area contributed by atoms with Crippen molar-refractivity contribution >= 4 is 84.6 Å². The van der Waals surface area contributed by atoms with E-state index in [0.29, 0.717) is 16.6 Å². The standard InChI is InChI=1S/C27H20BrN3O6.C14H14N6/c1-14-19-8-3-2-5-15(19)11-21(23(14)32)25(34)30-22-12-16(9-10-20(22)26(35)36)24(33)31-27(37)29-18-7-4-6-17(28)13-18;1-15-17-11-3-7-13(8-4-11)19-20-14-9-5-12(6-10-14)18-16-2/h2-13,32H,1H3,(H,30,34)(H,35,36)(H2,29,31,33,37);3-10H,1-2H3. The maximum atomic E-state index is 13.1. The highest BCUT2D eigenvalue weighted by atomic mass is 79.9. The number of azo groups is 3. The number of nitrogens with zero attached hydrogens (tertiary/aromatic N) is 6. The van der Waals surface area contributed by atoms with Crippen LogP contribution in [0.2, 0.25) is 0 Å². The lowest BCUT2D eigenvalue weighted by atomic mass is 9.99. The molecule has 0 unspecified atom stereocenters. The number of fused-ring (bicyclic) bond motifs is 1. The van der Waals surface area contributed by atoms with Crippen LogP contribution in [0.15, 0.2) is 156 Å². The van der Waals surface area contributed by atoms with Gasteiger partial charge in [0.1, 0.15) is 5.75 Å². The monoisotopic (exact) mass is 827 g/mol. The van der Waals surface area contributed by atoms with Gasteiger partial charge in [0, 0.05) is 29.8 Å². The first-order chi connectivity index (χ1) is 27.4. The number of amides is 4. The summed E-state index contributed by atoms with van der Waals surface area (Å²) in [5.74, 6) is -3.16. The molecule has 0 saturated carbocycles. The van der Waals surface area contributed by atoms with Gasteiger partial charge >= 0.3 is 12.0 Å². The molecular formula is C41H34BrN9O6. The number of halogens is 1. The number of hydrogen-bond acceptors (Lipinski definition) is 11. The Labute approximate surface area is 334 Å². The number of carbonyl (C=O) groups is 4. The largest absolute Gasteiger partial charge is 0.507 e. The number of carboxylic acid groups (broad SMARTS) is 1. The van der Waals surface area contributed by atoms with Crippen LogP contribution >= 0.6 is 15.9 Å². The van der Waals surface area contributed by atoms with Crippen LogP contribution in [0.3, 0.4) is 0 Å². The Bertz CT molecular complexity index is 2480. The van der Waals surface area contributed by atoms with E-state index in [1.165, 1.54) is 12.1 Å². The lowest BCUT2D eigenvalue weighted by Crippen LogP contribution is -2.34. The van der Waals surface area contributed by atoms with Crippen molar-refractivity contribution in [2.24, 2.45) is 30.7 Å². The topological polar surface area (TPSA) is 219 Å². The highest BCUT2D eigenvalue weighted by molar-refractivity contribution is 9.10. The van der Waals surface area contributed by atoms with Crippen molar-refractivity contribution in [3.8, 4) is 5.75 Å². The zero-order valence-electron chi connectivity index (χ0n) is 30.6. The summed E-state index contributed by atoms with van der Waals surface area (Å²) in [6, 6.07) is 32.9. The van der Waals surface area contributed by atoms with E-state index in [9.17, 15) is 29.4 Å². The highest BCUT2D eigenvalue weighted by Crippen LogP contribution is 2.32. The molecular weight excluding hydrogens is 794 g/mol. The van der Waals surface area contributed by atoms with Gasteiger partial charge in [-0.3, -0.25) is 14.9 Å². The fraction of sp³-hybridized carbons (Fsp3) is 0.0732. The molecule has 0 radical (unpaired) electrons. The zero-order valence-corrected chi connectivity index (χ0v) is 32.2. The van der Waals surface area contributed by atoms with Crippen molar-refractivity contribution < 1.29 is 29.4 Å². The number of aromatic hydroxyl groups is 1. The summed E-state index contributed by atoms with van der Waals surface area (Å²) in [5, 5.41) is 52.4. The molecule has 0 bridgehead atoms. The van der Waals surface area contributed by atoms with Crippen LogP contribution in [-0.4, -0.2) is 48.1 Å². The van der Waals surface area contributed by atoms with Crippen molar-refractivity contribution in [2.45, 2.75) is 6.92 Å². The minimum Gasteiger partial charge on any atom is -0.507 e. The molecule has 6 aromatic carbocycles. The molecule has 15 nitrogen and oxygen atoms in total. The molecule has 0 saturated heterocycles. The normalized spacial score (nSPS) is 11.0. The summed E-state index contributed by atoms with van der Waals surface area (Å²) in [7, 11) is 3.27. The Morgan fingerprint density at radius 3 is 1.75 bits per heavy atom. The van der Waals surface area contributed by atoms with E-state index < -0.39 is 23.8 Å². The first-order valence-electron chi connectivity index (χ1n) is 16.9. The van der Waals surface area contributed by atoms with Crippen molar-refractivity contribution in [1.29, 1.82) is 0 Å². The predicted octanol–water partition coefficient (Wildman–Crippen LogP) is 11.1. The summed E-state index contributed by atoms with van der Waals surface area (Å²) >= 11 is 3.29. The molecule has 0 fully saturated rings. The average Bonchev–Trinajstić information content (AvgIpc) is 3.20. The van der Waals surface area contributed by atoms with Gasteiger partial charge in [-0.15, -0.1) is 0 Å². The molecule has 0 aliphatic carbocycles.